The molecule has 0 aliphatic rings. The Bertz CT molecular complexity index is 2740. The van der Waals surface area contributed by atoms with E-state index in [0.717, 1.165) is 50.2 Å². The average Bonchev–Trinajstić information content (AvgIpc) is 3.24. The number of anilines is 4. The molecule has 5 aromatic rings. The number of nitrogens with one attached hydrogen (secondary N) is 4. The predicted octanol–water partition coefficient (Wildman–Crippen LogP) is 12.8. The molecule has 0 fully saturated rings. The third-order valence-electron chi connectivity index (χ3n) is 9.38. The van der Waals surface area contributed by atoms with Crippen molar-refractivity contribution in [2.24, 2.45) is 20.5 Å². The van der Waals surface area contributed by atoms with E-state index in [4.69, 9.17) is 46.4 Å². The Morgan fingerprint density at radius 1 is 0.485 bits per heavy atom. The first-order chi connectivity index (χ1) is 31.7. The first-order valence-electron chi connectivity index (χ1n) is 19.2. The Balaban J connectivity index is 1.26. The van der Waals surface area contributed by atoms with Crippen LogP contribution in [-0.4, -0.2) is 47.3 Å². The third-order valence-corrected chi connectivity index (χ3v) is 10.7. The van der Waals surface area contributed by atoms with Gasteiger partial charge in [-0.25, -0.2) is 0 Å². The molecular weight excluding hydrogens is 992 g/mol. The van der Waals surface area contributed by atoms with Gasteiger partial charge in [-0.2, -0.15) is 46.8 Å². The molecule has 2 unspecified atom stereocenters. The SMILES string of the molecule is CC(=O)C(N=Nc1ccc(Cl)c(C(=O)Nc2ccc(Cl)c(C(F)(F)F)c2)c1)C(=O)Nc1cc(C)c(NC(=O)C(N=Nc2ccc(Cl)c(C(=O)Nc3ccc(Cl)c(C(F)(F)F)c3)c2)C(C)=O)cc1C. The van der Waals surface area contributed by atoms with E-state index in [1.54, 1.807) is 13.8 Å². The molecule has 0 saturated heterocycles. The number of Topliss-reactive ketones (excluding diaryl/α,β-unsaturated/α-hetero) is 2. The summed E-state index contributed by atoms with van der Waals surface area (Å²) in [6.45, 7) is 5.27. The van der Waals surface area contributed by atoms with Gasteiger partial charge in [-0.3, -0.25) is 28.8 Å². The predicted molar refractivity (Wildman–Crippen MR) is 243 cm³/mol. The number of carbonyl (C=O) groups excluding carboxylic acids is 6. The minimum atomic E-state index is -4.80. The maximum absolute atomic E-state index is 13.4. The van der Waals surface area contributed by atoms with Gasteiger partial charge in [0, 0.05) is 22.7 Å². The molecular formula is C44H32Cl4F6N8O6. The van der Waals surface area contributed by atoms with Gasteiger partial charge in [-0.05, 0) is 124 Å². The summed E-state index contributed by atoms with van der Waals surface area (Å²) in [7, 11) is 0. The molecule has 4 amide bonds. The van der Waals surface area contributed by atoms with Gasteiger partial charge in [0.15, 0.2) is 11.6 Å². The van der Waals surface area contributed by atoms with Crippen molar-refractivity contribution in [2.45, 2.75) is 52.1 Å². The van der Waals surface area contributed by atoms with Crippen molar-refractivity contribution in [3.05, 3.63) is 138 Å². The summed E-state index contributed by atoms with van der Waals surface area (Å²) in [6, 6.07) is 12.4. The van der Waals surface area contributed by atoms with Crippen LogP contribution in [-0.2, 0) is 31.5 Å². The van der Waals surface area contributed by atoms with Gasteiger partial charge in [0.05, 0.1) is 53.7 Å². The van der Waals surface area contributed by atoms with Crippen LogP contribution in [0.25, 0.3) is 0 Å². The maximum Gasteiger partial charge on any atom is 0.417 e. The number of carbonyl (C=O) groups is 6. The number of aryl methyl sites for hydroxylation is 2. The molecule has 0 saturated carbocycles. The first kappa shape index (κ1) is 52.2. The van der Waals surface area contributed by atoms with Crippen molar-refractivity contribution in [2.75, 3.05) is 21.3 Å². The van der Waals surface area contributed by atoms with E-state index in [2.05, 4.69) is 41.7 Å². The van der Waals surface area contributed by atoms with Crippen LogP contribution in [0.3, 0.4) is 0 Å². The number of ketones is 2. The van der Waals surface area contributed by atoms with E-state index in [1.165, 1.54) is 36.4 Å². The second-order valence-corrected chi connectivity index (χ2v) is 16.2. The lowest BCUT2D eigenvalue weighted by atomic mass is 10.1. The van der Waals surface area contributed by atoms with E-state index in [9.17, 15) is 55.1 Å². The van der Waals surface area contributed by atoms with Gasteiger partial charge in [-0.1, -0.05) is 46.4 Å². The van der Waals surface area contributed by atoms with Crippen LogP contribution >= 0.6 is 46.4 Å². The molecule has 5 rings (SSSR count). The highest BCUT2D eigenvalue weighted by atomic mass is 35.5. The largest absolute Gasteiger partial charge is 0.417 e. The Morgan fingerprint density at radius 3 is 1.15 bits per heavy atom. The van der Waals surface area contributed by atoms with Gasteiger partial charge < -0.3 is 21.3 Å². The number of alkyl halides is 6. The summed E-state index contributed by atoms with van der Waals surface area (Å²) < 4.78 is 80.1. The summed E-state index contributed by atoms with van der Waals surface area (Å²) >= 11 is 23.7. The summed E-state index contributed by atoms with van der Waals surface area (Å²) in [6.07, 6.45) is -9.59. The molecule has 14 nitrogen and oxygen atoms in total. The molecule has 0 heterocycles. The normalized spacial score (nSPS) is 12.7. The van der Waals surface area contributed by atoms with Gasteiger partial charge in [-0.15, -0.1) is 0 Å². The molecule has 24 heteroatoms. The molecule has 354 valence electrons. The Kier molecular flexibility index (Phi) is 16.5. The molecule has 68 heavy (non-hydrogen) atoms. The van der Waals surface area contributed by atoms with Crippen molar-refractivity contribution < 1.29 is 55.1 Å². The standard InChI is InChI=1S/C44H32Cl4F6N8O6/c1-19-13-36(58-42(68)38(22(4)64)62-60-26-8-10-32(46)28(16-26)40(66)56-24-6-12-34(48)30(18-24)44(52,53)54)20(2)14-35(19)57-41(67)37(21(3)63)61-59-25-7-9-31(45)27(15-25)39(65)55-23-5-11-33(47)29(17-23)43(49,50)51/h5-18,37-38H,1-4H3,(H,55,65)(H,56,66)(H,57,67)(H,58,68). The lowest BCUT2D eigenvalue weighted by Crippen LogP contribution is -2.32. The Hall–Kier alpha value is -6.74. The van der Waals surface area contributed by atoms with Crippen LogP contribution in [0.15, 0.2) is 105 Å². The minimum absolute atomic E-state index is 0.0506. The number of benzene rings is 5. The van der Waals surface area contributed by atoms with Crippen LogP contribution in [0.4, 0.5) is 60.5 Å². The van der Waals surface area contributed by atoms with Crippen molar-refractivity contribution in [1.82, 2.24) is 0 Å². The van der Waals surface area contributed by atoms with Crippen molar-refractivity contribution in [3.8, 4) is 0 Å². The van der Waals surface area contributed by atoms with Gasteiger partial charge >= 0.3 is 12.4 Å². The van der Waals surface area contributed by atoms with E-state index >= 15 is 0 Å². The molecule has 0 aromatic heterocycles. The molecule has 0 aliphatic heterocycles. The molecule has 0 aliphatic carbocycles. The van der Waals surface area contributed by atoms with Crippen molar-refractivity contribution in [1.29, 1.82) is 0 Å². The zero-order valence-electron chi connectivity index (χ0n) is 35.3. The van der Waals surface area contributed by atoms with Crippen LogP contribution in [0.1, 0.15) is 56.8 Å². The number of hydrogen-bond donors (Lipinski definition) is 4. The van der Waals surface area contributed by atoms with Crippen molar-refractivity contribution >= 4 is 116 Å². The summed E-state index contributed by atoms with van der Waals surface area (Å²) in [4.78, 5) is 77.9. The summed E-state index contributed by atoms with van der Waals surface area (Å²) in [5, 5.41) is 23.9. The monoisotopic (exact) mass is 1020 g/mol. The highest BCUT2D eigenvalue weighted by Gasteiger charge is 2.35. The maximum atomic E-state index is 13.4. The van der Waals surface area contributed by atoms with Gasteiger partial charge in [0.25, 0.3) is 23.6 Å². The third kappa shape index (κ3) is 13.2. The highest BCUT2D eigenvalue weighted by Crippen LogP contribution is 2.38. The number of rotatable bonds is 14. The lowest BCUT2D eigenvalue weighted by molar-refractivity contribution is -0.138. The van der Waals surface area contributed by atoms with Crippen LogP contribution < -0.4 is 21.3 Å². The van der Waals surface area contributed by atoms with Gasteiger partial charge in [0.1, 0.15) is 0 Å². The average molecular weight is 1020 g/mol. The number of nitrogens with zero attached hydrogens (tertiary/aromatic N) is 4. The Morgan fingerprint density at radius 2 is 0.824 bits per heavy atom. The van der Waals surface area contributed by atoms with E-state index in [-0.39, 0.29) is 55.3 Å². The Labute approximate surface area is 401 Å². The zero-order chi connectivity index (χ0) is 50.4. The highest BCUT2D eigenvalue weighted by molar-refractivity contribution is 6.35. The fourth-order valence-electron chi connectivity index (χ4n) is 5.91. The molecule has 2 atom stereocenters. The lowest BCUT2D eigenvalue weighted by Gasteiger charge is -2.16. The van der Waals surface area contributed by atoms with Crippen molar-refractivity contribution in [3.63, 3.8) is 0 Å². The topological polar surface area (TPSA) is 200 Å². The van der Waals surface area contributed by atoms with E-state index in [0.29, 0.717) is 23.3 Å². The van der Waals surface area contributed by atoms with Crippen LogP contribution in [0, 0.1) is 13.8 Å². The summed E-state index contributed by atoms with van der Waals surface area (Å²) in [5.74, 6) is -5.14. The van der Waals surface area contributed by atoms with Crippen LogP contribution in [0.2, 0.25) is 20.1 Å². The number of azo groups is 2. The van der Waals surface area contributed by atoms with Crippen LogP contribution in [0.5, 0.6) is 0 Å². The minimum Gasteiger partial charge on any atom is -0.324 e. The fourth-order valence-corrected chi connectivity index (χ4v) is 6.77. The second-order valence-electron chi connectivity index (χ2n) is 14.5. The molecule has 4 N–H and O–H groups in total. The molecule has 0 spiro atoms. The first-order valence-corrected chi connectivity index (χ1v) is 20.8. The zero-order valence-corrected chi connectivity index (χ0v) is 38.3. The van der Waals surface area contributed by atoms with Gasteiger partial charge in [0.2, 0.25) is 12.1 Å². The van der Waals surface area contributed by atoms with E-state index in [1.807, 2.05) is 0 Å². The second kappa shape index (κ2) is 21.5. The number of hydrogen-bond acceptors (Lipinski definition) is 10. The number of amides is 4. The molecule has 0 radical (unpaired) electrons. The summed E-state index contributed by atoms with van der Waals surface area (Å²) in [5.41, 5.74) is -2.26. The fraction of sp³-hybridized carbons (Fsp3) is 0.182. The smallest absolute Gasteiger partial charge is 0.324 e. The quantitative estimate of drug-likeness (QED) is 0.0484. The van der Waals surface area contributed by atoms with E-state index < -0.39 is 80.8 Å². The molecule has 5 aromatic carbocycles. The molecule has 0 bridgehead atoms. The number of halogens is 10.